The number of hydrogen-bond donors (Lipinski definition) is 8. The summed E-state index contributed by atoms with van der Waals surface area (Å²) in [4.78, 5) is 69.4. The van der Waals surface area contributed by atoms with E-state index < -0.39 is 70.1 Å². The summed E-state index contributed by atoms with van der Waals surface area (Å²) in [6.07, 6.45) is -6.65. The predicted molar refractivity (Wildman–Crippen MR) is 115 cm³/mol. The lowest BCUT2D eigenvalue weighted by Gasteiger charge is -2.29. The van der Waals surface area contributed by atoms with Crippen molar-refractivity contribution in [1.29, 1.82) is 0 Å². The molecule has 2 unspecified atom stereocenters. The van der Waals surface area contributed by atoms with Crippen LogP contribution in [0.2, 0.25) is 0 Å². The normalized spacial score (nSPS) is 28.9. The largest absolute Gasteiger partial charge is 0.369 e. The van der Waals surface area contributed by atoms with Crippen LogP contribution in [0.1, 0.15) is 20.1 Å². The van der Waals surface area contributed by atoms with Crippen LogP contribution in [0, 0.1) is 0 Å². The molecule has 4 rings (SSSR count). The number of aromatic nitrogens is 4. The maximum absolute atomic E-state index is 12.5. The van der Waals surface area contributed by atoms with Crippen LogP contribution in [0.3, 0.4) is 0 Å². The predicted octanol–water partition coefficient (Wildman–Crippen LogP) is -1.72. The molecule has 0 radical (unpaired) electrons. The Hall–Kier alpha value is -1.56. The van der Waals surface area contributed by atoms with E-state index in [9.17, 15) is 48.1 Å². The summed E-state index contributed by atoms with van der Waals surface area (Å²) < 4.78 is 58.6. The number of rotatable bonds is 7. The lowest BCUT2D eigenvalue weighted by atomic mass is 10.1. The summed E-state index contributed by atoms with van der Waals surface area (Å²) in [5.74, 6) is -1.55. The number of aliphatic hydroxyl groups excluding tert-OH is 1. The molecule has 2 aliphatic heterocycles. The van der Waals surface area contributed by atoms with Crippen LogP contribution in [0.4, 0.5) is 5.95 Å². The molecule has 19 nitrogen and oxygen atoms in total. The quantitative estimate of drug-likeness (QED) is 0.134. The van der Waals surface area contributed by atoms with Crippen molar-refractivity contribution in [3.8, 4) is 0 Å². The van der Waals surface area contributed by atoms with Crippen LogP contribution in [0.15, 0.2) is 11.1 Å². The SMILES string of the molecule is CC1(C)O[C@@H]2[C@H](O1)[C@@H](C(O)OP(=O)(O)C(P(=O)(O)O)P(=O)(O)O)O[C@H]2n1cnc2c(=O)[nH]c(N)nc21. The van der Waals surface area contributed by atoms with Gasteiger partial charge in [0.15, 0.2) is 29.5 Å². The average Bonchev–Trinajstić information content (AvgIpc) is 3.28. The van der Waals surface area contributed by atoms with Gasteiger partial charge in [-0.3, -0.25) is 32.6 Å². The van der Waals surface area contributed by atoms with Gasteiger partial charge in [-0.25, -0.2) is 4.98 Å². The van der Waals surface area contributed by atoms with Gasteiger partial charge in [0.25, 0.3) is 10.7 Å². The van der Waals surface area contributed by atoms with Crippen LogP contribution >= 0.6 is 22.8 Å². The second-order valence-electron chi connectivity index (χ2n) is 8.42. The number of fused-ring (bicyclic) bond motifs is 2. The monoisotopic (exact) mass is 577 g/mol. The lowest BCUT2D eigenvalue weighted by Crippen LogP contribution is -2.40. The number of nitrogen functional groups attached to an aromatic ring is 1. The van der Waals surface area contributed by atoms with Crippen LogP contribution < -0.4 is 11.3 Å². The maximum Gasteiger partial charge on any atom is 0.358 e. The van der Waals surface area contributed by atoms with E-state index in [1.165, 1.54) is 18.4 Å². The fraction of sp³-hybridized carbons (Fsp3) is 0.643. The Morgan fingerprint density at radius 2 is 1.72 bits per heavy atom. The number of nitrogens with one attached hydrogen (secondary N) is 1. The molecule has 2 saturated heterocycles. The van der Waals surface area contributed by atoms with Gasteiger partial charge in [-0.15, -0.1) is 0 Å². The number of anilines is 1. The van der Waals surface area contributed by atoms with Crippen molar-refractivity contribution >= 4 is 39.9 Å². The molecule has 202 valence electrons. The Balaban J connectivity index is 1.69. The number of aromatic amines is 1. The van der Waals surface area contributed by atoms with Gasteiger partial charge in [0, 0.05) is 0 Å². The number of H-pyrrole nitrogens is 1. The van der Waals surface area contributed by atoms with Crippen molar-refractivity contribution in [1.82, 2.24) is 19.5 Å². The average molecular weight is 577 g/mol. The van der Waals surface area contributed by atoms with Crippen molar-refractivity contribution in [3.05, 3.63) is 16.7 Å². The second kappa shape index (κ2) is 8.74. The first-order chi connectivity index (χ1) is 16.3. The van der Waals surface area contributed by atoms with Crippen LogP contribution in [-0.4, -0.2) is 84.6 Å². The molecular formula is C14H22N5O14P3. The van der Waals surface area contributed by atoms with E-state index in [1.54, 1.807) is 0 Å². The molecular weight excluding hydrogens is 555 g/mol. The van der Waals surface area contributed by atoms with E-state index in [0.717, 1.165) is 6.33 Å². The molecule has 9 N–H and O–H groups in total. The zero-order valence-electron chi connectivity index (χ0n) is 18.3. The summed E-state index contributed by atoms with van der Waals surface area (Å²) in [5, 5.41) is 7.10. The molecule has 2 aromatic rings. The lowest BCUT2D eigenvalue weighted by molar-refractivity contribution is -0.225. The molecule has 4 heterocycles. The van der Waals surface area contributed by atoms with Gasteiger partial charge >= 0.3 is 22.8 Å². The fourth-order valence-corrected chi connectivity index (χ4v) is 9.51. The van der Waals surface area contributed by atoms with E-state index in [1.807, 2.05) is 0 Å². The van der Waals surface area contributed by atoms with E-state index in [-0.39, 0.29) is 17.1 Å². The summed E-state index contributed by atoms with van der Waals surface area (Å²) >= 11 is 0. The molecule has 36 heavy (non-hydrogen) atoms. The van der Waals surface area contributed by atoms with Gasteiger partial charge in [-0.2, -0.15) is 4.98 Å². The molecule has 2 aromatic heterocycles. The Morgan fingerprint density at radius 3 is 2.31 bits per heavy atom. The number of ether oxygens (including phenoxy) is 3. The summed E-state index contributed by atoms with van der Waals surface area (Å²) in [6.45, 7) is 2.99. The first-order valence-corrected chi connectivity index (χ1v) is 14.9. The number of imidazole rings is 1. The Morgan fingerprint density at radius 1 is 1.14 bits per heavy atom. The van der Waals surface area contributed by atoms with Crippen LogP contribution in [0.25, 0.3) is 11.2 Å². The number of hydrogen-bond acceptors (Lipinski definition) is 12. The maximum atomic E-state index is 12.5. The molecule has 0 spiro atoms. The zero-order valence-corrected chi connectivity index (χ0v) is 20.9. The van der Waals surface area contributed by atoms with Crippen molar-refractivity contribution in [2.24, 2.45) is 0 Å². The molecule has 0 amide bonds. The fourth-order valence-electron chi connectivity index (χ4n) is 4.04. The third-order valence-electron chi connectivity index (χ3n) is 5.22. The molecule has 0 bridgehead atoms. The highest BCUT2D eigenvalue weighted by Crippen LogP contribution is 2.75. The van der Waals surface area contributed by atoms with Gasteiger partial charge in [0.1, 0.15) is 18.3 Å². The molecule has 22 heteroatoms. The highest BCUT2D eigenvalue weighted by molar-refractivity contribution is 7.87. The first kappa shape index (κ1) is 27.5. The van der Waals surface area contributed by atoms with Crippen molar-refractivity contribution < 1.29 is 62.0 Å². The second-order valence-corrected chi connectivity index (χ2v) is 14.9. The number of aliphatic hydroxyl groups is 1. The first-order valence-electron chi connectivity index (χ1n) is 9.85. The molecule has 6 atom stereocenters. The molecule has 2 aliphatic rings. The summed E-state index contributed by atoms with van der Waals surface area (Å²) in [5.41, 5.74) is 4.74. The van der Waals surface area contributed by atoms with E-state index in [2.05, 4.69) is 19.5 Å². The van der Waals surface area contributed by atoms with E-state index in [0.29, 0.717) is 0 Å². The van der Waals surface area contributed by atoms with Crippen LogP contribution in [0.5, 0.6) is 0 Å². The Bertz CT molecular complexity index is 1360. The van der Waals surface area contributed by atoms with Gasteiger partial charge in [0.05, 0.1) is 6.33 Å². The molecule has 2 fully saturated rings. The van der Waals surface area contributed by atoms with Gasteiger partial charge in [-0.05, 0) is 13.8 Å². The van der Waals surface area contributed by atoms with Gasteiger partial charge in [-0.1, -0.05) is 0 Å². The smallest absolute Gasteiger partial charge is 0.358 e. The standard InChI is InChI=1S/C14H22N5O14P3/c1-14(2)31-5-6(32-14)10(19-3-16-4-8(19)17-12(15)18-9(4)20)30-7(5)11(21)33-36(28,29)13(34(22,23)24)35(25,26)27/h3,5-7,10-11,13,21H,1-2H3,(H,28,29)(H2,22,23,24)(H2,25,26,27)(H3,15,17,18,20)/t5-,6+,7-,10+,11?/m0/s1. The third-order valence-corrected chi connectivity index (χ3v) is 12.9. The Labute approximate surface area is 200 Å². The topological polar surface area (TPSA) is 299 Å². The summed E-state index contributed by atoms with van der Waals surface area (Å²) in [6, 6.07) is 0. The highest BCUT2D eigenvalue weighted by atomic mass is 31.3. The van der Waals surface area contributed by atoms with Crippen molar-refractivity contribution in [2.45, 2.75) is 55.6 Å². The highest BCUT2D eigenvalue weighted by Gasteiger charge is 2.62. The minimum absolute atomic E-state index is 0.0553. The number of nitrogens with zero attached hydrogens (tertiary/aromatic N) is 3. The summed E-state index contributed by atoms with van der Waals surface area (Å²) in [7, 11) is -17.7. The van der Waals surface area contributed by atoms with E-state index >= 15 is 0 Å². The van der Waals surface area contributed by atoms with Crippen LogP contribution in [-0.2, 0) is 32.4 Å². The van der Waals surface area contributed by atoms with Crippen molar-refractivity contribution in [3.63, 3.8) is 0 Å². The van der Waals surface area contributed by atoms with Crippen molar-refractivity contribution in [2.75, 3.05) is 5.73 Å². The minimum atomic E-state index is -5.91. The minimum Gasteiger partial charge on any atom is -0.369 e. The Kier molecular flexibility index (Phi) is 6.67. The van der Waals surface area contributed by atoms with E-state index in [4.69, 9.17) is 19.9 Å². The number of nitrogens with two attached hydrogens (primary N) is 1. The van der Waals surface area contributed by atoms with Gasteiger partial charge in [0.2, 0.25) is 5.95 Å². The molecule has 0 aliphatic carbocycles. The zero-order chi connectivity index (χ0) is 27.0. The molecule has 0 aromatic carbocycles. The molecule has 0 saturated carbocycles. The third kappa shape index (κ3) is 4.96. The van der Waals surface area contributed by atoms with Gasteiger partial charge < -0.3 is 49.5 Å².